The first-order chi connectivity index (χ1) is 10.1. The van der Waals surface area contributed by atoms with E-state index in [4.69, 9.17) is 10.8 Å². The van der Waals surface area contributed by atoms with E-state index in [-0.39, 0.29) is 18.7 Å². The van der Waals surface area contributed by atoms with Gasteiger partial charge in [0.25, 0.3) is 0 Å². The number of carbonyl (C=O) groups excluding carboxylic acids is 1. The van der Waals surface area contributed by atoms with E-state index in [1.54, 1.807) is 0 Å². The number of hydrogen-bond donors (Lipinski definition) is 4. The van der Waals surface area contributed by atoms with Gasteiger partial charge in [-0.25, -0.2) is 0 Å². The second kappa shape index (κ2) is 10.6. The van der Waals surface area contributed by atoms with Crippen molar-refractivity contribution < 1.29 is 14.7 Å². The van der Waals surface area contributed by atoms with Crippen LogP contribution in [0.3, 0.4) is 0 Å². The lowest BCUT2D eigenvalue weighted by atomic mass is 10.0. The van der Waals surface area contributed by atoms with E-state index in [1.807, 2.05) is 0 Å². The first-order valence-electron chi connectivity index (χ1n) is 8.08. The molecule has 6 nitrogen and oxygen atoms in total. The molecule has 0 bridgehead atoms. The fourth-order valence-electron chi connectivity index (χ4n) is 2.08. The first kappa shape index (κ1) is 17.9. The molecule has 1 heterocycles. The fourth-order valence-corrected chi connectivity index (χ4v) is 2.08. The molecular formula is C15H29N3O3. The van der Waals surface area contributed by atoms with Crippen LogP contribution >= 0.6 is 0 Å². The number of piperidine rings is 1. The number of hydrogen-bond acceptors (Lipinski definition) is 4. The second-order valence-corrected chi connectivity index (χ2v) is 5.85. The van der Waals surface area contributed by atoms with Crippen LogP contribution in [0.15, 0.2) is 0 Å². The molecule has 2 fully saturated rings. The lowest BCUT2D eigenvalue weighted by Crippen LogP contribution is -2.43. The highest BCUT2D eigenvalue weighted by Crippen LogP contribution is 2.15. The van der Waals surface area contributed by atoms with Gasteiger partial charge in [0.2, 0.25) is 5.91 Å². The number of amides is 1. The molecule has 0 aromatic heterocycles. The normalized spacial score (nSPS) is 22.2. The van der Waals surface area contributed by atoms with Crippen molar-refractivity contribution in [3.63, 3.8) is 0 Å². The number of carbonyl (C=O) groups is 2. The summed E-state index contributed by atoms with van der Waals surface area (Å²) < 4.78 is 0. The van der Waals surface area contributed by atoms with E-state index in [2.05, 4.69) is 10.6 Å². The van der Waals surface area contributed by atoms with Gasteiger partial charge in [-0.05, 0) is 25.8 Å². The van der Waals surface area contributed by atoms with Gasteiger partial charge in [-0.15, -0.1) is 0 Å². The number of carboxylic acids is 1. The van der Waals surface area contributed by atoms with Crippen LogP contribution in [0.1, 0.15) is 57.8 Å². The van der Waals surface area contributed by atoms with Crippen LogP contribution in [-0.4, -0.2) is 42.2 Å². The van der Waals surface area contributed by atoms with Crippen molar-refractivity contribution in [2.24, 2.45) is 5.73 Å². The Balaban J connectivity index is 0.000000471. The summed E-state index contributed by atoms with van der Waals surface area (Å²) in [6.07, 6.45) is 9.81. The minimum atomic E-state index is -1.06. The highest BCUT2D eigenvalue weighted by atomic mass is 16.4. The molecule has 1 amide bonds. The number of carboxylic acid groups (broad SMARTS) is 1. The van der Waals surface area contributed by atoms with Crippen LogP contribution in [0.4, 0.5) is 0 Å². The van der Waals surface area contributed by atoms with Crippen LogP contribution in [0.25, 0.3) is 0 Å². The van der Waals surface area contributed by atoms with Crippen molar-refractivity contribution in [3.05, 3.63) is 0 Å². The standard InChI is InChI=1S/C11H21N3O3.C4H8/c12-9(11(16)17)4-5-10(15)14-7-8-3-1-2-6-13-8;1-2-4-3-1/h8-9,13H,1-7,12H2,(H,14,15)(H,16,17);1-4H2. The molecule has 2 atom stereocenters. The Labute approximate surface area is 126 Å². The summed E-state index contributed by atoms with van der Waals surface area (Å²) in [5.41, 5.74) is 5.31. The molecule has 6 heteroatoms. The van der Waals surface area contributed by atoms with Crippen molar-refractivity contribution in [2.45, 2.75) is 69.9 Å². The molecule has 21 heavy (non-hydrogen) atoms. The summed E-state index contributed by atoms with van der Waals surface area (Å²) in [6.45, 7) is 1.62. The third-order valence-electron chi connectivity index (χ3n) is 3.96. The number of nitrogens with two attached hydrogens (primary N) is 1. The zero-order valence-electron chi connectivity index (χ0n) is 12.8. The molecule has 0 spiro atoms. The van der Waals surface area contributed by atoms with Gasteiger partial charge in [0, 0.05) is 19.0 Å². The summed E-state index contributed by atoms with van der Waals surface area (Å²) in [5, 5.41) is 14.7. The van der Waals surface area contributed by atoms with Gasteiger partial charge in [-0.1, -0.05) is 32.1 Å². The Hall–Kier alpha value is -1.14. The molecule has 0 aromatic rings. The third kappa shape index (κ3) is 8.67. The highest BCUT2D eigenvalue weighted by Gasteiger charge is 2.15. The first-order valence-corrected chi connectivity index (χ1v) is 8.08. The molecule has 1 aliphatic carbocycles. The Morgan fingerprint density at radius 2 is 1.86 bits per heavy atom. The molecule has 5 N–H and O–H groups in total. The largest absolute Gasteiger partial charge is 0.480 e. The summed E-state index contributed by atoms with van der Waals surface area (Å²) in [7, 11) is 0. The predicted octanol–water partition coefficient (Wildman–Crippen LogP) is 0.997. The van der Waals surface area contributed by atoms with Crippen LogP contribution < -0.4 is 16.4 Å². The van der Waals surface area contributed by atoms with Crippen molar-refractivity contribution in [1.29, 1.82) is 0 Å². The Bertz CT molecular complexity index is 309. The molecule has 122 valence electrons. The maximum absolute atomic E-state index is 11.4. The molecule has 0 radical (unpaired) electrons. The van der Waals surface area contributed by atoms with Gasteiger partial charge in [-0.2, -0.15) is 0 Å². The number of aliphatic carboxylic acids is 1. The smallest absolute Gasteiger partial charge is 0.320 e. The van der Waals surface area contributed by atoms with Gasteiger partial charge in [0.1, 0.15) is 6.04 Å². The van der Waals surface area contributed by atoms with Crippen molar-refractivity contribution in [1.82, 2.24) is 10.6 Å². The summed E-state index contributed by atoms with van der Waals surface area (Å²) in [6, 6.07) is -0.602. The molecule has 1 aliphatic heterocycles. The van der Waals surface area contributed by atoms with E-state index >= 15 is 0 Å². The average molecular weight is 299 g/mol. The van der Waals surface area contributed by atoms with Gasteiger partial charge >= 0.3 is 5.97 Å². The van der Waals surface area contributed by atoms with E-state index < -0.39 is 12.0 Å². The van der Waals surface area contributed by atoms with Gasteiger partial charge in [-0.3, -0.25) is 9.59 Å². The van der Waals surface area contributed by atoms with E-state index in [0.717, 1.165) is 13.0 Å². The zero-order valence-corrected chi connectivity index (χ0v) is 12.8. The molecular weight excluding hydrogens is 270 g/mol. The maximum Gasteiger partial charge on any atom is 0.320 e. The van der Waals surface area contributed by atoms with Gasteiger partial charge in [0.15, 0.2) is 0 Å². The lowest BCUT2D eigenvalue weighted by Gasteiger charge is -2.23. The van der Waals surface area contributed by atoms with Crippen molar-refractivity contribution in [2.75, 3.05) is 13.1 Å². The fraction of sp³-hybridized carbons (Fsp3) is 0.867. The minimum Gasteiger partial charge on any atom is -0.480 e. The predicted molar refractivity (Wildman–Crippen MR) is 82.0 cm³/mol. The quantitative estimate of drug-likeness (QED) is 0.585. The SMILES string of the molecule is C1CCC1.NC(CCC(=O)NCC1CCCCN1)C(=O)O. The Kier molecular flexibility index (Phi) is 9.01. The molecule has 2 unspecified atom stereocenters. The van der Waals surface area contributed by atoms with E-state index in [0.29, 0.717) is 12.6 Å². The maximum atomic E-state index is 11.4. The number of rotatable bonds is 6. The Morgan fingerprint density at radius 3 is 2.33 bits per heavy atom. The second-order valence-electron chi connectivity index (χ2n) is 5.85. The van der Waals surface area contributed by atoms with Crippen LogP contribution in [0, 0.1) is 0 Å². The molecule has 1 saturated heterocycles. The van der Waals surface area contributed by atoms with Gasteiger partial charge < -0.3 is 21.5 Å². The summed E-state index contributed by atoms with van der Waals surface area (Å²) >= 11 is 0. The van der Waals surface area contributed by atoms with E-state index in [9.17, 15) is 9.59 Å². The summed E-state index contributed by atoms with van der Waals surface area (Å²) in [4.78, 5) is 21.9. The monoisotopic (exact) mass is 299 g/mol. The van der Waals surface area contributed by atoms with Crippen LogP contribution in [0.2, 0.25) is 0 Å². The molecule has 1 saturated carbocycles. The van der Waals surface area contributed by atoms with E-state index in [1.165, 1.54) is 38.5 Å². The topological polar surface area (TPSA) is 104 Å². The molecule has 2 aliphatic rings. The molecule has 2 rings (SSSR count). The Morgan fingerprint density at radius 1 is 1.19 bits per heavy atom. The van der Waals surface area contributed by atoms with Gasteiger partial charge in [0.05, 0.1) is 0 Å². The molecule has 0 aromatic carbocycles. The third-order valence-corrected chi connectivity index (χ3v) is 3.96. The minimum absolute atomic E-state index is 0.130. The number of nitrogens with one attached hydrogen (secondary N) is 2. The van der Waals surface area contributed by atoms with Crippen LogP contribution in [-0.2, 0) is 9.59 Å². The lowest BCUT2D eigenvalue weighted by molar-refractivity contribution is -0.138. The van der Waals surface area contributed by atoms with Crippen molar-refractivity contribution >= 4 is 11.9 Å². The average Bonchev–Trinajstić information content (AvgIpc) is 2.41. The van der Waals surface area contributed by atoms with Crippen molar-refractivity contribution in [3.8, 4) is 0 Å². The zero-order chi connectivity index (χ0) is 15.5. The summed E-state index contributed by atoms with van der Waals surface area (Å²) in [5.74, 6) is -1.19. The highest BCUT2D eigenvalue weighted by molar-refractivity contribution is 5.78. The van der Waals surface area contributed by atoms with Crippen LogP contribution in [0.5, 0.6) is 0 Å².